The number of hydrogen-bond acceptors (Lipinski definition) is 2. The topological polar surface area (TPSA) is 29.5 Å². The van der Waals surface area contributed by atoms with Gasteiger partial charge in [0.15, 0.2) is 0 Å². The van der Waals surface area contributed by atoms with Crippen molar-refractivity contribution in [3.63, 3.8) is 0 Å². The monoisotopic (exact) mass is 167 g/mol. The number of cyclic esters (lactones) is 1. The molecule has 0 saturated carbocycles. The van der Waals surface area contributed by atoms with Crippen molar-refractivity contribution in [3.05, 3.63) is 0 Å². The summed E-state index contributed by atoms with van der Waals surface area (Å²) in [6.07, 6.45) is -0.327. The van der Waals surface area contributed by atoms with E-state index in [1.165, 1.54) is 4.90 Å². The Hall–Kier alpha value is -1.17. The number of amides is 1. The predicted molar refractivity (Wildman–Crippen MR) is 45.3 cm³/mol. The van der Waals surface area contributed by atoms with E-state index in [9.17, 15) is 4.79 Å². The molecule has 0 atom stereocenters. The molecule has 3 nitrogen and oxygen atoms in total. The van der Waals surface area contributed by atoms with Crippen molar-refractivity contribution >= 4 is 6.09 Å². The van der Waals surface area contributed by atoms with Gasteiger partial charge in [0.1, 0.15) is 6.61 Å². The summed E-state index contributed by atoms with van der Waals surface area (Å²) in [5, 5.41) is 0. The summed E-state index contributed by atoms with van der Waals surface area (Å²) < 4.78 is 4.72. The van der Waals surface area contributed by atoms with Crippen molar-refractivity contribution < 1.29 is 9.53 Å². The van der Waals surface area contributed by atoms with Gasteiger partial charge in [0.05, 0.1) is 6.54 Å². The van der Waals surface area contributed by atoms with Crippen molar-refractivity contribution in [2.75, 3.05) is 13.2 Å². The van der Waals surface area contributed by atoms with Gasteiger partial charge in [-0.15, -0.1) is 0 Å². The Morgan fingerprint density at radius 2 is 2.17 bits per heavy atom. The number of ether oxygens (including phenoxy) is 1. The van der Waals surface area contributed by atoms with E-state index in [1.54, 1.807) is 0 Å². The van der Waals surface area contributed by atoms with E-state index in [0.29, 0.717) is 13.2 Å². The minimum absolute atomic E-state index is 0.0666. The fraction of sp³-hybridized carbons (Fsp3) is 0.667. The first-order chi connectivity index (χ1) is 5.49. The van der Waals surface area contributed by atoms with Gasteiger partial charge >= 0.3 is 6.09 Å². The van der Waals surface area contributed by atoms with Gasteiger partial charge in [0.25, 0.3) is 0 Å². The summed E-state index contributed by atoms with van der Waals surface area (Å²) in [5.41, 5.74) is -0.0666. The first kappa shape index (κ1) is 8.92. The van der Waals surface area contributed by atoms with Gasteiger partial charge in [-0.05, 0) is 20.8 Å². The molecule has 12 heavy (non-hydrogen) atoms. The molecule has 0 unspecified atom stereocenters. The molecule has 1 aliphatic heterocycles. The minimum Gasteiger partial charge on any atom is -0.447 e. The second-order valence-electron chi connectivity index (χ2n) is 3.75. The van der Waals surface area contributed by atoms with Crippen LogP contribution in [0.2, 0.25) is 0 Å². The van der Waals surface area contributed by atoms with Crippen LogP contribution in [0.3, 0.4) is 0 Å². The van der Waals surface area contributed by atoms with Gasteiger partial charge < -0.3 is 4.74 Å². The van der Waals surface area contributed by atoms with Crippen LogP contribution in [0.15, 0.2) is 0 Å². The van der Waals surface area contributed by atoms with Crippen molar-refractivity contribution in [2.45, 2.75) is 20.8 Å². The average Bonchev–Trinajstić information content (AvgIpc) is 2.29. The molecule has 1 rings (SSSR count). The van der Waals surface area contributed by atoms with Crippen LogP contribution in [0.4, 0.5) is 4.79 Å². The Labute approximate surface area is 72.7 Å². The molecule has 0 aromatic carbocycles. The van der Waals surface area contributed by atoms with Crippen LogP contribution in [0.25, 0.3) is 0 Å². The van der Waals surface area contributed by atoms with E-state index in [4.69, 9.17) is 4.74 Å². The Bertz CT molecular complexity index is 241. The van der Waals surface area contributed by atoms with E-state index in [0.717, 1.165) is 0 Å². The molecule has 0 aromatic heterocycles. The van der Waals surface area contributed by atoms with Crippen LogP contribution in [-0.2, 0) is 4.74 Å². The first-order valence-corrected chi connectivity index (χ1v) is 3.96. The molecule has 1 amide bonds. The lowest BCUT2D eigenvalue weighted by Crippen LogP contribution is -2.18. The largest absolute Gasteiger partial charge is 0.447 e. The Kier molecular flexibility index (Phi) is 2.27. The molecule has 1 aliphatic rings. The third kappa shape index (κ3) is 2.46. The van der Waals surface area contributed by atoms with Crippen molar-refractivity contribution in [1.29, 1.82) is 0 Å². The van der Waals surface area contributed by atoms with Crippen molar-refractivity contribution in [3.8, 4) is 12.0 Å². The van der Waals surface area contributed by atoms with E-state index < -0.39 is 0 Å². The molecule has 1 fully saturated rings. The van der Waals surface area contributed by atoms with E-state index in [1.807, 2.05) is 20.8 Å². The summed E-state index contributed by atoms with van der Waals surface area (Å²) in [6, 6.07) is 2.78. The fourth-order valence-electron chi connectivity index (χ4n) is 0.730. The standard InChI is InChI=1S/C9H13NO2/c1-9(2,3)4-5-10-6-7-12-8(10)11/h6-7H2,1-3H3. The molecule has 3 heteroatoms. The van der Waals surface area contributed by atoms with Gasteiger partial charge in [0, 0.05) is 11.5 Å². The average molecular weight is 167 g/mol. The molecule has 66 valence electrons. The number of carbonyl (C=O) groups is 1. The van der Waals surface area contributed by atoms with Crippen LogP contribution < -0.4 is 0 Å². The van der Waals surface area contributed by atoms with Crippen molar-refractivity contribution in [2.24, 2.45) is 5.41 Å². The summed E-state index contributed by atoms with van der Waals surface area (Å²) in [4.78, 5) is 12.3. The number of hydrogen-bond donors (Lipinski definition) is 0. The molecular formula is C9H13NO2. The zero-order chi connectivity index (χ0) is 9.19. The summed E-state index contributed by atoms with van der Waals surface area (Å²) in [5.74, 6) is 2.97. The number of carbonyl (C=O) groups excluding carboxylic acids is 1. The van der Waals surface area contributed by atoms with Gasteiger partial charge in [-0.1, -0.05) is 5.92 Å². The van der Waals surface area contributed by atoms with Gasteiger partial charge in [0.2, 0.25) is 0 Å². The summed E-state index contributed by atoms with van der Waals surface area (Å²) in [6.45, 7) is 7.05. The molecule has 0 aromatic rings. The minimum atomic E-state index is -0.327. The predicted octanol–water partition coefficient (Wildman–Crippen LogP) is 1.45. The maximum absolute atomic E-state index is 10.9. The normalized spacial score (nSPS) is 16.9. The SMILES string of the molecule is CC(C)(C)C#CN1CCOC1=O. The number of nitrogens with zero attached hydrogens (tertiary/aromatic N) is 1. The first-order valence-electron chi connectivity index (χ1n) is 3.96. The molecule has 0 radical (unpaired) electrons. The highest BCUT2D eigenvalue weighted by Gasteiger charge is 2.20. The second kappa shape index (κ2) is 3.06. The zero-order valence-electron chi connectivity index (χ0n) is 7.68. The van der Waals surface area contributed by atoms with Crippen LogP contribution in [0, 0.1) is 17.4 Å². The smallest absolute Gasteiger partial charge is 0.421 e. The number of rotatable bonds is 0. The van der Waals surface area contributed by atoms with E-state index in [-0.39, 0.29) is 11.5 Å². The van der Waals surface area contributed by atoms with E-state index in [2.05, 4.69) is 12.0 Å². The quantitative estimate of drug-likeness (QED) is 0.511. The maximum Gasteiger partial charge on any atom is 0.421 e. The van der Waals surface area contributed by atoms with Gasteiger partial charge in [-0.25, -0.2) is 9.69 Å². The molecule has 0 N–H and O–H groups in total. The fourth-order valence-corrected chi connectivity index (χ4v) is 0.730. The lowest BCUT2D eigenvalue weighted by Gasteiger charge is -2.08. The second-order valence-corrected chi connectivity index (χ2v) is 3.75. The molecule has 1 heterocycles. The molecule has 0 spiro atoms. The Morgan fingerprint density at radius 1 is 1.50 bits per heavy atom. The van der Waals surface area contributed by atoms with Crippen LogP contribution >= 0.6 is 0 Å². The third-order valence-corrected chi connectivity index (χ3v) is 1.33. The van der Waals surface area contributed by atoms with Crippen LogP contribution in [0.5, 0.6) is 0 Å². The molecule has 1 saturated heterocycles. The highest BCUT2D eigenvalue weighted by molar-refractivity contribution is 5.71. The summed E-state index contributed by atoms with van der Waals surface area (Å²) in [7, 11) is 0. The molecule has 0 aliphatic carbocycles. The molecule has 0 bridgehead atoms. The van der Waals surface area contributed by atoms with Gasteiger partial charge in [-0.2, -0.15) is 0 Å². The van der Waals surface area contributed by atoms with Crippen LogP contribution in [-0.4, -0.2) is 24.1 Å². The van der Waals surface area contributed by atoms with Crippen molar-refractivity contribution in [1.82, 2.24) is 4.90 Å². The summed E-state index contributed by atoms with van der Waals surface area (Å²) >= 11 is 0. The van der Waals surface area contributed by atoms with Crippen LogP contribution in [0.1, 0.15) is 20.8 Å². The maximum atomic E-state index is 10.9. The van der Waals surface area contributed by atoms with Gasteiger partial charge in [-0.3, -0.25) is 0 Å². The lowest BCUT2D eigenvalue weighted by atomic mass is 9.99. The Morgan fingerprint density at radius 3 is 2.58 bits per heavy atom. The molecular weight excluding hydrogens is 154 g/mol. The highest BCUT2D eigenvalue weighted by atomic mass is 16.6. The highest BCUT2D eigenvalue weighted by Crippen LogP contribution is 2.10. The Balaban J connectivity index is 2.59. The van der Waals surface area contributed by atoms with E-state index >= 15 is 0 Å². The lowest BCUT2D eigenvalue weighted by molar-refractivity contribution is 0.167. The third-order valence-electron chi connectivity index (χ3n) is 1.33. The zero-order valence-corrected chi connectivity index (χ0v) is 7.68.